The molecule has 1 aliphatic heterocycles. The largest absolute Gasteiger partial charge is 0.484 e. The smallest absolute Gasteiger partial charge is 0.260 e. The predicted octanol–water partition coefficient (Wildman–Crippen LogP) is 3.53. The fraction of sp³-hybridized carbons (Fsp3) is 0.273. The van der Waals surface area contributed by atoms with Crippen LogP contribution in [0.15, 0.2) is 60.7 Å². The Balaban J connectivity index is 1.53. The van der Waals surface area contributed by atoms with Crippen LogP contribution in [0.4, 0.5) is 0 Å². The third kappa shape index (κ3) is 3.58. The second-order valence-corrected chi connectivity index (χ2v) is 6.62. The van der Waals surface area contributed by atoms with Gasteiger partial charge < -0.3 is 9.64 Å². The lowest BCUT2D eigenvalue weighted by Gasteiger charge is -2.28. The van der Waals surface area contributed by atoms with Crippen molar-refractivity contribution in [3.05, 3.63) is 71.9 Å². The number of carbonyl (C=O) groups is 1. The number of aromatic nitrogens is 2. The summed E-state index contributed by atoms with van der Waals surface area (Å²) in [4.78, 5) is 14.6. The number of rotatable bonds is 5. The standard InChI is InChI=1S/C22H23N3O2/c1-2-25-20-13-14-24(21(26)16-27-18-11-7-4-8-12-18)15-19(20)22(23-25)17-9-5-3-6-10-17/h3-12H,2,13-16H2,1H3. The lowest BCUT2D eigenvalue weighted by Crippen LogP contribution is -2.39. The Morgan fingerprint density at radius 1 is 1.07 bits per heavy atom. The van der Waals surface area contributed by atoms with Gasteiger partial charge in [0, 0.05) is 42.9 Å². The topological polar surface area (TPSA) is 47.4 Å². The molecule has 3 aromatic rings. The number of ether oxygens (including phenoxy) is 1. The molecule has 0 saturated heterocycles. The van der Waals surface area contributed by atoms with Crippen LogP contribution in [0, 0.1) is 0 Å². The molecule has 27 heavy (non-hydrogen) atoms. The van der Waals surface area contributed by atoms with E-state index in [0.717, 1.165) is 29.8 Å². The number of fused-ring (bicyclic) bond motifs is 1. The molecule has 1 aliphatic rings. The summed E-state index contributed by atoms with van der Waals surface area (Å²) in [6.45, 7) is 4.27. The van der Waals surface area contributed by atoms with E-state index in [9.17, 15) is 4.79 Å². The van der Waals surface area contributed by atoms with Crippen LogP contribution in [0.5, 0.6) is 5.75 Å². The highest BCUT2D eigenvalue weighted by atomic mass is 16.5. The highest BCUT2D eigenvalue weighted by molar-refractivity contribution is 5.78. The molecular formula is C22H23N3O2. The van der Waals surface area contributed by atoms with Gasteiger partial charge >= 0.3 is 0 Å². The maximum absolute atomic E-state index is 12.7. The SMILES string of the molecule is CCn1nc(-c2ccccc2)c2c1CCN(C(=O)COc1ccccc1)C2. The Kier molecular flexibility index (Phi) is 4.92. The van der Waals surface area contributed by atoms with Crippen LogP contribution in [-0.2, 0) is 24.3 Å². The maximum atomic E-state index is 12.7. The van der Waals surface area contributed by atoms with E-state index in [4.69, 9.17) is 9.84 Å². The lowest BCUT2D eigenvalue weighted by atomic mass is 10.0. The van der Waals surface area contributed by atoms with Crippen LogP contribution in [0.25, 0.3) is 11.3 Å². The second kappa shape index (κ2) is 7.66. The third-order valence-corrected chi connectivity index (χ3v) is 4.94. The van der Waals surface area contributed by atoms with Crippen LogP contribution in [-0.4, -0.2) is 33.7 Å². The number of para-hydroxylation sites is 1. The number of hydrogen-bond donors (Lipinski definition) is 0. The number of carbonyl (C=O) groups excluding carboxylic acids is 1. The summed E-state index contributed by atoms with van der Waals surface area (Å²) >= 11 is 0. The maximum Gasteiger partial charge on any atom is 0.260 e. The Morgan fingerprint density at radius 2 is 1.78 bits per heavy atom. The first-order valence-electron chi connectivity index (χ1n) is 9.36. The van der Waals surface area contributed by atoms with E-state index in [-0.39, 0.29) is 12.5 Å². The van der Waals surface area contributed by atoms with Gasteiger partial charge in [-0.1, -0.05) is 48.5 Å². The molecule has 0 N–H and O–H groups in total. The van der Waals surface area contributed by atoms with Crippen LogP contribution < -0.4 is 4.74 Å². The van der Waals surface area contributed by atoms with Crippen molar-refractivity contribution in [2.45, 2.75) is 26.4 Å². The van der Waals surface area contributed by atoms with E-state index in [2.05, 4.69) is 23.7 Å². The van der Waals surface area contributed by atoms with Gasteiger partial charge in [-0.15, -0.1) is 0 Å². The van der Waals surface area contributed by atoms with Gasteiger partial charge in [0.2, 0.25) is 0 Å². The Bertz CT molecular complexity index is 919. The molecule has 0 aliphatic carbocycles. The molecule has 0 fully saturated rings. The second-order valence-electron chi connectivity index (χ2n) is 6.62. The average molecular weight is 361 g/mol. The average Bonchev–Trinajstić information content (AvgIpc) is 3.11. The molecule has 1 aromatic heterocycles. The van der Waals surface area contributed by atoms with Crippen molar-refractivity contribution in [3.8, 4) is 17.0 Å². The molecule has 0 radical (unpaired) electrons. The Hall–Kier alpha value is -3.08. The minimum Gasteiger partial charge on any atom is -0.484 e. The minimum atomic E-state index is 0.00719. The summed E-state index contributed by atoms with van der Waals surface area (Å²) in [6, 6.07) is 19.6. The molecule has 4 rings (SSSR count). The molecular weight excluding hydrogens is 338 g/mol. The van der Waals surface area contributed by atoms with Crippen LogP contribution >= 0.6 is 0 Å². The normalized spacial score (nSPS) is 13.3. The molecule has 2 aromatic carbocycles. The van der Waals surface area contributed by atoms with Crippen molar-refractivity contribution >= 4 is 5.91 Å². The molecule has 2 heterocycles. The summed E-state index contributed by atoms with van der Waals surface area (Å²) in [5, 5.41) is 4.82. The molecule has 5 nitrogen and oxygen atoms in total. The number of aryl methyl sites for hydroxylation is 1. The number of hydrogen-bond acceptors (Lipinski definition) is 3. The van der Waals surface area contributed by atoms with E-state index in [1.807, 2.05) is 53.4 Å². The lowest BCUT2D eigenvalue weighted by molar-refractivity contribution is -0.134. The van der Waals surface area contributed by atoms with Gasteiger partial charge in [0.05, 0.1) is 5.69 Å². The van der Waals surface area contributed by atoms with Crippen molar-refractivity contribution < 1.29 is 9.53 Å². The Labute approximate surface area is 159 Å². The van der Waals surface area contributed by atoms with Gasteiger partial charge in [0.15, 0.2) is 6.61 Å². The van der Waals surface area contributed by atoms with Gasteiger partial charge in [-0.3, -0.25) is 9.48 Å². The van der Waals surface area contributed by atoms with E-state index in [1.165, 1.54) is 5.69 Å². The summed E-state index contributed by atoms with van der Waals surface area (Å²) < 4.78 is 7.71. The molecule has 0 spiro atoms. The van der Waals surface area contributed by atoms with Gasteiger partial charge in [0.25, 0.3) is 5.91 Å². The Morgan fingerprint density at radius 3 is 2.48 bits per heavy atom. The first kappa shape index (κ1) is 17.3. The zero-order valence-electron chi connectivity index (χ0n) is 15.5. The highest BCUT2D eigenvalue weighted by Gasteiger charge is 2.27. The van der Waals surface area contributed by atoms with Crippen molar-refractivity contribution in [1.82, 2.24) is 14.7 Å². The number of benzene rings is 2. The molecule has 0 unspecified atom stereocenters. The minimum absolute atomic E-state index is 0.00719. The van der Waals surface area contributed by atoms with Gasteiger partial charge in [0.1, 0.15) is 5.75 Å². The zero-order valence-corrected chi connectivity index (χ0v) is 15.5. The number of amides is 1. The van der Waals surface area contributed by atoms with Gasteiger partial charge in [-0.25, -0.2) is 0 Å². The van der Waals surface area contributed by atoms with E-state index in [1.54, 1.807) is 0 Å². The molecule has 1 amide bonds. The molecule has 0 saturated carbocycles. The van der Waals surface area contributed by atoms with Crippen molar-refractivity contribution in [1.29, 1.82) is 0 Å². The monoisotopic (exact) mass is 361 g/mol. The zero-order chi connectivity index (χ0) is 18.6. The van der Waals surface area contributed by atoms with E-state index in [0.29, 0.717) is 18.8 Å². The summed E-state index contributed by atoms with van der Waals surface area (Å²) in [6.07, 6.45) is 0.820. The first-order chi connectivity index (χ1) is 13.3. The van der Waals surface area contributed by atoms with Gasteiger partial charge in [-0.05, 0) is 19.1 Å². The van der Waals surface area contributed by atoms with Crippen molar-refractivity contribution in [2.75, 3.05) is 13.2 Å². The fourth-order valence-electron chi connectivity index (χ4n) is 3.55. The van der Waals surface area contributed by atoms with E-state index >= 15 is 0 Å². The van der Waals surface area contributed by atoms with Gasteiger partial charge in [-0.2, -0.15) is 5.10 Å². The predicted molar refractivity (Wildman–Crippen MR) is 104 cm³/mol. The summed E-state index contributed by atoms with van der Waals surface area (Å²) in [7, 11) is 0. The molecule has 0 bridgehead atoms. The van der Waals surface area contributed by atoms with Crippen molar-refractivity contribution in [3.63, 3.8) is 0 Å². The highest BCUT2D eigenvalue weighted by Crippen LogP contribution is 2.30. The van der Waals surface area contributed by atoms with E-state index < -0.39 is 0 Å². The summed E-state index contributed by atoms with van der Waals surface area (Å²) in [5.74, 6) is 0.722. The van der Waals surface area contributed by atoms with Crippen LogP contribution in [0.1, 0.15) is 18.2 Å². The quantitative estimate of drug-likeness (QED) is 0.698. The summed E-state index contributed by atoms with van der Waals surface area (Å²) in [5.41, 5.74) is 4.47. The van der Waals surface area contributed by atoms with Crippen LogP contribution in [0.2, 0.25) is 0 Å². The first-order valence-corrected chi connectivity index (χ1v) is 9.36. The third-order valence-electron chi connectivity index (χ3n) is 4.94. The molecule has 138 valence electrons. The van der Waals surface area contributed by atoms with Crippen molar-refractivity contribution in [2.24, 2.45) is 0 Å². The number of nitrogens with zero attached hydrogens (tertiary/aromatic N) is 3. The fourth-order valence-corrected chi connectivity index (χ4v) is 3.55. The molecule has 5 heteroatoms. The van der Waals surface area contributed by atoms with Crippen LogP contribution in [0.3, 0.4) is 0 Å². The molecule has 0 atom stereocenters.